The molecule has 0 spiro atoms. The van der Waals surface area contributed by atoms with Gasteiger partial charge in [-0.25, -0.2) is 9.97 Å². The predicted octanol–water partition coefficient (Wildman–Crippen LogP) is 2.63. The fraction of sp³-hybridized carbons (Fsp3) is 0.333. The van der Waals surface area contributed by atoms with Crippen LogP contribution in [-0.2, 0) is 17.8 Å². The molecule has 0 bridgehead atoms. The minimum Gasteiger partial charge on any atom is -0.458 e. The normalized spacial score (nSPS) is 10.8. The molecule has 0 amide bonds. The van der Waals surface area contributed by atoms with Gasteiger partial charge in [0.25, 0.3) is 0 Å². The highest BCUT2D eigenvalue weighted by molar-refractivity contribution is 14.1. The summed E-state index contributed by atoms with van der Waals surface area (Å²) in [6, 6.07) is 3.78. The first-order valence-corrected chi connectivity index (χ1v) is 6.63. The Morgan fingerprint density at radius 2 is 2.17 bits per heavy atom. The summed E-state index contributed by atoms with van der Waals surface area (Å²) in [5.74, 6) is 2.48. The van der Waals surface area contributed by atoms with Crippen LogP contribution in [0.5, 0.6) is 0 Å². The number of aromatic nitrogens is 2. The zero-order valence-corrected chi connectivity index (χ0v) is 12.4. The van der Waals surface area contributed by atoms with Gasteiger partial charge >= 0.3 is 0 Å². The van der Waals surface area contributed by atoms with Crippen LogP contribution < -0.4 is 5.73 Å². The molecule has 2 N–H and O–H groups in total. The topological polar surface area (TPSA) is 74.2 Å². The Balaban J connectivity index is 2.44. The standard InChI is InChI=1S/C12H14IN3O2/c1-3-7-4-5-9(18-7)12-15-8(6-17-2)10(13)11(14)16-12/h4-5H,3,6H2,1-2H3,(H2,14,15,16). The minimum atomic E-state index is 0.402. The summed E-state index contributed by atoms with van der Waals surface area (Å²) in [6.07, 6.45) is 0.838. The van der Waals surface area contributed by atoms with Gasteiger partial charge in [0, 0.05) is 13.5 Å². The molecule has 0 saturated heterocycles. The highest BCUT2D eigenvalue weighted by Gasteiger charge is 2.13. The Kier molecular flexibility index (Phi) is 4.18. The fourth-order valence-corrected chi connectivity index (χ4v) is 1.94. The monoisotopic (exact) mass is 359 g/mol. The van der Waals surface area contributed by atoms with E-state index in [4.69, 9.17) is 14.9 Å². The summed E-state index contributed by atoms with van der Waals surface area (Å²) in [5, 5.41) is 0. The van der Waals surface area contributed by atoms with Gasteiger partial charge in [0.2, 0.25) is 0 Å². The van der Waals surface area contributed by atoms with E-state index in [1.54, 1.807) is 7.11 Å². The Bertz CT molecular complexity index is 554. The first kappa shape index (κ1) is 13.3. The Morgan fingerprint density at radius 1 is 1.39 bits per heavy atom. The summed E-state index contributed by atoms with van der Waals surface area (Å²) in [5.41, 5.74) is 6.65. The number of hydrogen-bond acceptors (Lipinski definition) is 5. The molecule has 0 aliphatic rings. The third-order valence-electron chi connectivity index (χ3n) is 2.46. The van der Waals surface area contributed by atoms with Crippen LogP contribution in [0.25, 0.3) is 11.6 Å². The number of aryl methyl sites for hydroxylation is 1. The summed E-state index contributed by atoms with van der Waals surface area (Å²) in [7, 11) is 1.62. The van der Waals surface area contributed by atoms with Crippen LogP contribution in [0.4, 0.5) is 5.82 Å². The molecule has 2 aromatic rings. The largest absolute Gasteiger partial charge is 0.458 e. The van der Waals surface area contributed by atoms with Gasteiger partial charge in [-0.3, -0.25) is 0 Å². The van der Waals surface area contributed by atoms with Gasteiger partial charge in [0.05, 0.1) is 15.9 Å². The van der Waals surface area contributed by atoms with Crippen LogP contribution in [-0.4, -0.2) is 17.1 Å². The molecule has 0 saturated carbocycles. The van der Waals surface area contributed by atoms with Crippen LogP contribution in [0, 0.1) is 3.57 Å². The fourth-order valence-electron chi connectivity index (χ4n) is 1.54. The maximum absolute atomic E-state index is 5.87. The van der Waals surface area contributed by atoms with Crippen LogP contribution in [0.1, 0.15) is 18.4 Å². The molecular formula is C12H14IN3O2. The molecule has 6 heteroatoms. The molecule has 0 fully saturated rings. The number of furan rings is 1. The highest BCUT2D eigenvalue weighted by atomic mass is 127. The number of nitrogen functional groups attached to an aromatic ring is 1. The number of nitrogens with two attached hydrogens (primary N) is 1. The summed E-state index contributed by atoms with van der Waals surface area (Å²) >= 11 is 2.12. The molecule has 0 unspecified atom stereocenters. The predicted molar refractivity (Wildman–Crippen MR) is 77.0 cm³/mol. The lowest BCUT2D eigenvalue weighted by Gasteiger charge is -2.06. The Hall–Kier alpha value is -1.15. The van der Waals surface area contributed by atoms with Crippen LogP contribution in [0.3, 0.4) is 0 Å². The summed E-state index contributed by atoms with van der Waals surface area (Å²) in [4.78, 5) is 8.67. The SMILES string of the molecule is CCc1ccc(-c2nc(N)c(I)c(COC)n2)o1. The quantitative estimate of drug-likeness (QED) is 0.850. The van der Waals surface area contributed by atoms with E-state index in [-0.39, 0.29) is 0 Å². The van der Waals surface area contributed by atoms with Crippen molar-refractivity contribution in [3.05, 3.63) is 27.2 Å². The van der Waals surface area contributed by atoms with Crippen molar-refractivity contribution in [2.24, 2.45) is 0 Å². The second-order valence-electron chi connectivity index (χ2n) is 3.75. The highest BCUT2D eigenvalue weighted by Crippen LogP contribution is 2.24. The van der Waals surface area contributed by atoms with E-state index in [1.807, 2.05) is 19.1 Å². The molecular weight excluding hydrogens is 345 g/mol. The van der Waals surface area contributed by atoms with Crippen molar-refractivity contribution in [1.29, 1.82) is 0 Å². The number of hydrogen-bond donors (Lipinski definition) is 1. The van der Waals surface area contributed by atoms with E-state index in [0.717, 1.165) is 21.4 Å². The molecule has 2 aromatic heterocycles. The first-order valence-electron chi connectivity index (χ1n) is 5.55. The first-order chi connectivity index (χ1) is 8.65. The van der Waals surface area contributed by atoms with Crippen molar-refractivity contribution in [3.63, 3.8) is 0 Å². The van der Waals surface area contributed by atoms with E-state index < -0.39 is 0 Å². The molecule has 0 aromatic carbocycles. The van der Waals surface area contributed by atoms with Gasteiger partial charge in [-0.15, -0.1) is 0 Å². The van der Waals surface area contributed by atoms with E-state index in [2.05, 4.69) is 32.6 Å². The molecule has 2 rings (SSSR count). The average molecular weight is 359 g/mol. The van der Waals surface area contributed by atoms with Crippen molar-refractivity contribution in [3.8, 4) is 11.6 Å². The van der Waals surface area contributed by atoms with E-state index in [0.29, 0.717) is 24.0 Å². The summed E-state index contributed by atoms with van der Waals surface area (Å²) in [6.45, 7) is 2.43. The van der Waals surface area contributed by atoms with Crippen molar-refractivity contribution < 1.29 is 9.15 Å². The van der Waals surface area contributed by atoms with Gasteiger partial charge in [-0.2, -0.15) is 0 Å². The maximum atomic E-state index is 5.87. The second-order valence-corrected chi connectivity index (χ2v) is 4.82. The zero-order chi connectivity index (χ0) is 13.1. The lowest BCUT2D eigenvalue weighted by Crippen LogP contribution is -2.05. The van der Waals surface area contributed by atoms with Gasteiger partial charge in [-0.05, 0) is 34.7 Å². The van der Waals surface area contributed by atoms with Crippen molar-refractivity contribution in [2.45, 2.75) is 20.0 Å². The lowest BCUT2D eigenvalue weighted by atomic mass is 10.3. The van der Waals surface area contributed by atoms with Gasteiger partial charge in [0.1, 0.15) is 11.6 Å². The maximum Gasteiger partial charge on any atom is 0.198 e. The second kappa shape index (κ2) is 5.66. The van der Waals surface area contributed by atoms with Crippen LogP contribution in [0.15, 0.2) is 16.5 Å². The molecule has 5 nitrogen and oxygen atoms in total. The number of rotatable bonds is 4. The molecule has 18 heavy (non-hydrogen) atoms. The number of nitrogens with zero attached hydrogens (tertiary/aromatic N) is 2. The smallest absolute Gasteiger partial charge is 0.198 e. The number of ether oxygens (including phenoxy) is 1. The molecule has 0 aliphatic heterocycles. The van der Waals surface area contributed by atoms with E-state index >= 15 is 0 Å². The van der Waals surface area contributed by atoms with E-state index in [1.165, 1.54) is 0 Å². The third kappa shape index (κ3) is 2.64. The number of methoxy groups -OCH3 is 1. The van der Waals surface area contributed by atoms with Gasteiger partial charge in [-0.1, -0.05) is 6.92 Å². The van der Waals surface area contributed by atoms with E-state index in [9.17, 15) is 0 Å². The molecule has 0 aliphatic carbocycles. The zero-order valence-electron chi connectivity index (χ0n) is 10.2. The molecule has 0 radical (unpaired) electrons. The molecule has 2 heterocycles. The van der Waals surface area contributed by atoms with Crippen LogP contribution in [0.2, 0.25) is 0 Å². The van der Waals surface area contributed by atoms with Gasteiger partial charge in [0.15, 0.2) is 11.6 Å². The molecule has 0 atom stereocenters. The third-order valence-corrected chi connectivity index (χ3v) is 3.63. The number of halogens is 1. The van der Waals surface area contributed by atoms with Crippen molar-refractivity contribution in [1.82, 2.24) is 9.97 Å². The Labute approximate surface area is 119 Å². The summed E-state index contributed by atoms with van der Waals surface area (Å²) < 4.78 is 11.5. The van der Waals surface area contributed by atoms with Crippen molar-refractivity contribution in [2.75, 3.05) is 12.8 Å². The average Bonchev–Trinajstić information content (AvgIpc) is 2.83. The molecule has 96 valence electrons. The lowest BCUT2D eigenvalue weighted by molar-refractivity contribution is 0.181. The Morgan fingerprint density at radius 3 is 2.78 bits per heavy atom. The van der Waals surface area contributed by atoms with Gasteiger partial charge < -0.3 is 14.9 Å². The number of anilines is 1. The van der Waals surface area contributed by atoms with Crippen LogP contribution >= 0.6 is 22.6 Å². The minimum absolute atomic E-state index is 0.402. The van der Waals surface area contributed by atoms with Crippen molar-refractivity contribution >= 4 is 28.4 Å².